The van der Waals surface area contributed by atoms with Gasteiger partial charge in [0.25, 0.3) is 0 Å². The van der Waals surface area contributed by atoms with Crippen molar-refractivity contribution in [2.75, 3.05) is 19.6 Å². The van der Waals surface area contributed by atoms with Gasteiger partial charge in [0.05, 0.1) is 0 Å². The molecule has 1 rings (SSSR count). The van der Waals surface area contributed by atoms with Gasteiger partial charge >= 0.3 is 6.03 Å². The van der Waals surface area contributed by atoms with E-state index in [9.17, 15) is 4.79 Å². The molecule has 0 bridgehead atoms. The number of carbonyl (C=O) groups is 1. The van der Waals surface area contributed by atoms with Gasteiger partial charge in [-0.1, -0.05) is 13.8 Å². The molecule has 0 saturated carbocycles. The maximum absolute atomic E-state index is 11.3. The average Bonchev–Trinajstić information content (AvgIpc) is 2.08. The predicted molar refractivity (Wildman–Crippen MR) is 52.4 cm³/mol. The van der Waals surface area contributed by atoms with Gasteiger partial charge in [-0.3, -0.25) is 0 Å². The molecule has 1 atom stereocenters. The maximum atomic E-state index is 11.3. The van der Waals surface area contributed by atoms with Crippen LogP contribution in [0, 0.1) is 5.92 Å². The number of nitrogens with two attached hydrogens (primary N) is 1. The summed E-state index contributed by atoms with van der Waals surface area (Å²) < 4.78 is 0. The van der Waals surface area contributed by atoms with Crippen molar-refractivity contribution in [3.05, 3.63) is 0 Å². The minimum atomic E-state index is 0.0300. The molecule has 4 heteroatoms. The lowest BCUT2D eigenvalue weighted by molar-refractivity contribution is 0.178. The normalized spacial score (nSPS) is 20.3. The number of rotatable bonds is 3. The lowest BCUT2D eigenvalue weighted by Gasteiger charge is -2.30. The molecule has 0 unspecified atom stereocenters. The molecule has 13 heavy (non-hydrogen) atoms. The maximum Gasteiger partial charge on any atom is 0.317 e. The van der Waals surface area contributed by atoms with Gasteiger partial charge in [-0.2, -0.15) is 0 Å². The van der Waals surface area contributed by atoms with Gasteiger partial charge in [0, 0.05) is 25.7 Å². The van der Waals surface area contributed by atoms with E-state index in [1.165, 1.54) is 0 Å². The fraction of sp³-hybridized carbons (Fsp3) is 0.889. The molecule has 76 valence electrons. The summed E-state index contributed by atoms with van der Waals surface area (Å²) in [5.41, 5.74) is 5.89. The second-order valence-corrected chi connectivity index (χ2v) is 3.94. The van der Waals surface area contributed by atoms with Crippen LogP contribution in [-0.4, -0.2) is 36.6 Å². The Morgan fingerprint density at radius 2 is 2.31 bits per heavy atom. The van der Waals surface area contributed by atoms with E-state index in [0.29, 0.717) is 12.5 Å². The summed E-state index contributed by atoms with van der Waals surface area (Å²) in [6, 6.07) is 0.117. The lowest BCUT2D eigenvalue weighted by Crippen LogP contribution is -2.51. The first-order chi connectivity index (χ1) is 6.11. The average molecular weight is 185 g/mol. The van der Waals surface area contributed by atoms with Gasteiger partial charge in [-0.15, -0.1) is 0 Å². The van der Waals surface area contributed by atoms with E-state index < -0.39 is 0 Å². The third kappa shape index (κ3) is 2.88. The van der Waals surface area contributed by atoms with Crippen LogP contribution in [0.4, 0.5) is 4.79 Å². The predicted octanol–water partition coefficient (Wildman–Crippen LogP) is 0.385. The third-order valence-corrected chi connectivity index (χ3v) is 2.46. The summed E-state index contributed by atoms with van der Waals surface area (Å²) in [6.07, 6.45) is 1.02. The van der Waals surface area contributed by atoms with Crippen molar-refractivity contribution >= 4 is 6.03 Å². The van der Waals surface area contributed by atoms with E-state index in [1.54, 1.807) is 4.90 Å². The molecular formula is C9H19N3O. The fourth-order valence-electron chi connectivity index (χ4n) is 1.32. The second kappa shape index (κ2) is 4.46. The smallest absolute Gasteiger partial charge is 0.317 e. The Morgan fingerprint density at radius 3 is 2.85 bits per heavy atom. The van der Waals surface area contributed by atoms with E-state index in [0.717, 1.165) is 19.5 Å². The second-order valence-electron chi connectivity index (χ2n) is 3.94. The first kappa shape index (κ1) is 10.3. The summed E-state index contributed by atoms with van der Waals surface area (Å²) >= 11 is 0. The Kier molecular flexibility index (Phi) is 3.54. The zero-order valence-electron chi connectivity index (χ0n) is 8.42. The Balaban J connectivity index is 2.38. The van der Waals surface area contributed by atoms with Crippen molar-refractivity contribution in [3.63, 3.8) is 0 Å². The van der Waals surface area contributed by atoms with Gasteiger partial charge in [0.15, 0.2) is 0 Å². The number of urea groups is 1. The van der Waals surface area contributed by atoms with E-state index in [-0.39, 0.29) is 12.1 Å². The van der Waals surface area contributed by atoms with Crippen molar-refractivity contribution in [1.29, 1.82) is 0 Å². The first-order valence-corrected chi connectivity index (χ1v) is 4.89. The van der Waals surface area contributed by atoms with E-state index in [1.807, 2.05) is 0 Å². The zero-order valence-corrected chi connectivity index (χ0v) is 8.42. The number of hydrogen-bond acceptors (Lipinski definition) is 2. The van der Waals surface area contributed by atoms with Crippen molar-refractivity contribution in [2.24, 2.45) is 11.7 Å². The molecule has 2 amide bonds. The van der Waals surface area contributed by atoms with Gasteiger partial charge in [0.2, 0.25) is 0 Å². The summed E-state index contributed by atoms with van der Waals surface area (Å²) in [5.74, 6) is 0.426. The molecule has 1 aliphatic heterocycles. The summed E-state index contributed by atoms with van der Waals surface area (Å²) in [5, 5.41) is 2.81. The Bertz CT molecular complexity index is 182. The highest BCUT2D eigenvalue weighted by molar-refractivity contribution is 5.74. The quantitative estimate of drug-likeness (QED) is 0.668. The molecule has 0 radical (unpaired) electrons. The van der Waals surface area contributed by atoms with Crippen LogP contribution < -0.4 is 11.1 Å². The molecule has 1 fully saturated rings. The third-order valence-electron chi connectivity index (χ3n) is 2.46. The topological polar surface area (TPSA) is 58.4 Å². The van der Waals surface area contributed by atoms with Crippen LogP contribution in [0.5, 0.6) is 0 Å². The zero-order chi connectivity index (χ0) is 9.84. The Morgan fingerprint density at radius 1 is 1.62 bits per heavy atom. The van der Waals surface area contributed by atoms with Crippen molar-refractivity contribution in [3.8, 4) is 0 Å². The van der Waals surface area contributed by atoms with Gasteiger partial charge in [-0.25, -0.2) is 4.79 Å². The number of nitrogens with one attached hydrogen (secondary N) is 1. The molecule has 3 N–H and O–H groups in total. The number of nitrogens with zero attached hydrogens (tertiary/aromatic N) is 1. The fourth-order valence-corrected chi connectivity index (χ4v) is 1.32. The van der Waals surface area contributed by atoms with Crippen LogP contribution in [0.3, 0.4) is 0 Å². The van der Waals surface area contributed by atoms with Crippen LogP contribution in [0.2, 0.25) is 0 Å². The van der Waals surface area contributed by atoms with E-state index in [2.05, 4.69) is 19.2 Å². The van der Waals surface area contributed by atoms with Crippen LogP contribution in [0.1, 0.15) is 20.3 Å². The molecule has 0 aromatic rings. The summed E-state index contributed by atoms with van der Waals surface area (Å²) in [7, 11) is 0. The standard InChI is InChI=1S/C9H19N3O/c1-7(2)8(10)6-12-5-3-4-11-9(12)13/h7-8H,3-6,10H2,1-2H3,(H,11,13)/t8-/m1/s1. The number of amides is 2. The van der Waals surface area contributed by atoms with Crippen LogP contribution in [0.15, 0.2) is 0 Å². The minimum Gasteiger partial charge on any atom is -0.338 e. The highest BCUT2D eigenvalue weighted by Crippen LogP contribution is 2.04. The number of carbonyl (C=O) groups excluding carboxylic acids is 1. The molecule has 0 aliphatic carbocycles. The van der Waals surface area contributed by atoms with Crippen molar-refractivity contribution < 1.29 is 4.79 Å². The summed E-state index contributed by atoms with van der Waals surface area (Å²) in [4.78, 5) is 13.1. The molecule has 0 spiro atoms. The summed E-state index contributed by atoms with van der Waals surface area (Å²) in [6.45, 7) is 6.46. The molecule has 0 aromatic carbocycles. The van der Waals surface area contributed by atoms with E-state index in [4.69, 9.17) is 5.73 Å². The highest BCUT2D eigenvalue weighted by atomic mass is 16.2. The Hall–Kier alpha value is -0.770. The minimum absolute atomic E-state index is 0.0300. The number of hydrogen-bond donors (Lipinski definition) is 2. The van der Waals surface area contributed by atoms with Gasteiger partial charge < -0.3 is 16.0 Å². The highest BCUT2D eigenvalue weighted by Gasteiger charge is 2.20. The van der Waals surface area contributed by atoms with Crippen molar-refractivity contribution in [1.82, 2.24) is 10.2 Å². The van der Waals surface area contributed by atoms with Gasteiger partial charge in [0.1, 0.15) is 0 Å². The van der Waals surface area contributed by atoms with Crippen LogP contribution in [0.25, 0.3) is 0 Å². The van der Waals surface area contributed by atoms with Gasteiger partial charge in [-0.05, 0) is 12.3 Å². The molecular weight excluding hydrogens is 166 g/mol. The lowest BCUT2D eigenvalue weighted by atomic mass is 10.1. The van der Waals surface area contributed by atoms with Crippen molar-refractivity contribution in [2.45, 2.75) is 26.3 Å². The molecule has 1 saturated heterocycles. The first-order valence-electron chi connectivity index (χ1n) is 4.89. The van der Waals surface area contributed by atoms with Crippen LogP contribution in [-0.2, 0) is 0 Å². The SMILES string of the molecule is CC(C)[C@H](N)CN1CCCNC1=O. The Labute approximate surface area is 79.5 Å². The molecule has 1 aliphatic rings. The largest absolute Gasteiger partial charge is 0.338 e. The molecule has 0 aromatic heterocycles. The van der Waals surface area contributed by atoms with Crippen LogP contribution >= 0.6 is 0 Å². The van der Waals surface area contributed by atoms with E-state index >= 15 is 0 Å². The monoisotopic (exact) mass is 185 g/mol. The molecule has 1 heterocycles. The molecule has 4 nitrogen and oxygen atoms in total.